The van der Waals surface area contributed by atoms with Crippen molar-refractivity contribution in [1.29, 1.82) is 0 Å². The van der Waals surface area contributed by atoms with E-state index in [-0.39, 0.29) is 0 Å². The van der Waals surface area contributed by atoms with Crippen LogP contribution in [-0.2, 0) is 6.54 Å². The fourth-order valence-corrected chi connectivity index (χ4v) is 2.99. The second kappa shape index (κ2) is 5.42. The van der Waals surface area contributed by atoms with Gasteiger partial charge in [-0.25, -0.2) is 4.68 Å². The summed E-state index contributed by atoms with van der Waals surface area (Å²) in [6, 6.07) is 2.11. The zero-order valence-corrected chi connectivity index (χ0v) is 12.7. The van der Waals surface area contributed by atoms with Crippen molar-refractivity contribution < 1.29 is 0 Å². The first-order valence-corrected chi connectivity index (χ1v) is 7.55. The molecule has 0 aliphatic rings. The Balaban J connectivity index is 2.08. The molecule has 3 nitrogen and oxygen atoms in total. The molecule has 0 amide bonds. The molecule has 0 bridgehead atoms. The summed E-state index contributed by atoms with van der Waals surface area (Å²) in [5.74, 6) is 0. The summed E-state index contributed by atoms with van der Waals surface area (Å²) in [6.07, 6.45) is 3.01. The van der Waals surface area contributed by atoms with Crippen LogP contribution in [-0.4, -0.2) is 15.0 Å². The Morgan fingerprint density at radius 1 is 1.56 bits per heavy atom. The second-order valence-corrected chi connectivity index (χ2v) is 6.46. The van der Waals surface area contributed by atoms with Gasteiger partial charge in [0.2, 0.25) is 0 Å². The van der Waals surface area contributed by atoms with Crippen LogP contribution in [0, 0.1) is 0 Å². The zero-order valence-electron chi connectivity index (χ0n) is 8.73. The third-order valence-corrected chi connectivity index (χ3v) is 4.97. The summed E-state index contributed by atoms with van der Waals surface area (Å²) in [6.45, 7) is 2.90. The average molecular weight is 365 g/mol. The molecule has 16 heavy (non-hydrogen) atoms. The van der Waals surface area contributed by atoms with E-state index in [1.807, 2.05) is 10.9 Å². The van der Waals surface area contributed by atoms with E-state index in [4.69, 9.17) is 0 Å². The molecular weight excluding hydrogens is 354 g/mol. The zero-order chi connectivity index (χ0) is 11.5. The van der Waals surface area contributed by atoms with Gasteiger partial charge in [-0.15, -0.1) is 16.4 Å². The van der Waals surface area contributed by atoms with Crippen LogP contribution in [0.15, 0.2) is 22.1 Å². The van der Waals surface area contributed by atoms with Crippen molar-refractivity contribution in [3.8, 4) is 0 Å². The minimum absolute atomic E-state index is 0.302. The Bertz CT molecular complexity index is 466. The van der Waals surface area contributed by atoms with E-state index in [2.05, 4.69) is 60.5 Å². The lowest BCUT2D eigenvalue weighted by Gasteiger charge is -1.99. The third kappa shape index (κ3) is 2.93. The topological polar surface area (TPSA) is 30.7 Å². The number of halogens is 2. The van der Waals surface area contributed by atoms with Gasteiger partial charge in [-0.05, 0) is 28.4 Å². The Kier molecular flexibility index (Phi) is 4.16. The number of nitrogens with zero attached hydrogens (tertiary/aromatic N) is 3. The Morgan fingerprint density at radius 3 is 3.00 bits per heavy atom. The first kappa shape index (κ1) is 12.3. The van der Waals surface area contributed by atoms with Crippen LogP contribution in [0.1, 0.15) is 28.7 Å². The molecule has 0 aromatic carbocycles. The van der Waals surface area contributed by atoms with Crippen molar-refractivity contribution in [2.45, 2.75) is 24.7 Å². The number of hydrogen-bond acceptors (Lipinski definition) is 3. The van der Waals surface area contributed by atoms with Crippen molar-refractivity contribution in [2.75, 3.05) is 0 Å². The highest BCUT2D eigenvalue weighted by molar-refractivity contribution is 9.10. The second-order valence-electron chi connectivity index (χ2n) is 3.45. The van der Waals surface area contributed by atoms with E-state index in [1.165, 1.54) is 4.88 Å². The fourth-order valence-electron chi connectivity index (χ4n) is 1.34. The molecule has 2 aromatic heterocycles. The molecule has 86 valence electrons. The summed E-state index contributed by atoms with van der Waals surface area (Å²) in [5, 5.41) is 10.3. The minimum atomic E-state index is 0.302. The molecule has 0 saturated heterocycles. The van der Waals surface area contributed by atoms with Crippen LogP contribution in [0.3, 0.4) is 0 Å². The van der Waals surface area contributed by atoms with Gasteiger partial charge in [0.25, 0.3) is 0 Å². The lowest BCUT2D eigenvalue weighted by molar-refractivity contribution is 0.655. The lowest BCUT2D eigenvalue weighted by atomic mass is 10.3. The SMILES string of the molecule is CCC(Br)c1cn(Cc2cc(Br)cs2)nn1. The smallest absolute Gasteiger partial charge is 0.0963 e. The van der Waals surface area contributed by atoms with Crippen LogP contribution >= 0.6 is 43.2 Å². The van der Waals surface area contributed by atoms with E-state index in [0.29, 0.717) is 4.83 Å². The van der Waals surface area contributed by atoms with Crippen LogP contribution in [0.25, 0.3) is 0 Å². The van der Waals surface area contributed by atoms with Crippen molar-refractivity contribution in [1.82, 2.24) is 15.0 Å². The predicted molar refractivity (Wildman–Crippen MR) is 73.1 cm³/mol. The average Bonchev–Trinajstić information content (AvgIpc) is 2.87. The maximum atomic E-state index is 4.15. The van der Waals surface area contributed by atoms with E-state index < -0.39 is 0 Å². The van der Waals surface area contributed by atoms with Crippen molar-refractivity contribution in [3.63, 3.8) is 0 Å². The molecular formula is C10H11Br2N3S. The Morgan fingerprint density at radius 2 is 2.38 bits per heavy atom. The molecule has 0 radical (unpaired) electrons. The van der Waals surface area contributed by atoms with Crippen molar-refractivity contribution in [2.24, 2.45) is 0 Å². The normalized spacial score (nSPS) is 12.9. The van der Waals surface area contributed by atoms with Gasteiger partial charge in [0.15, 0.2) is 0 Å². The van der Waals surface area contributed by atoms with Gasteiger partial charge in [0.1, 0.15) is 0 Å². The summed E-state index contributed by atoms with van der Waals surface area (Å²) in [7, 11) is 0. The van der Waals surface area contributed by atoms with Crippen LogP contribution in [0.5, 0.6) is 0 Å². The van der Waals surface area contributed by atoms with Crippen molar-refractivity contribution >= 4 is 43.2 Å². The molecule has 0 saturated carbocycles. The van der Waals surface area contributed by atoms with Gasteiger partial charge in [-0.1, -0.05) is 28.1 Å². The molecule has 1 atom stereocenters. The van der Waals surface area contributed by atoms with Gasteiger partial charge in [0.05, 0.1) is 17.1 Å². The minimum Gasteiger partial charge on any atom is -0.247 e. The maximum absolute atomic E-state index is 4.15. The molecule has 2 aromatic rings. The monoisotopic (exact) mass is 363 g/mol. The molecule has 0 spiro atoms. The Hall–Kier alpha value is -0.200. The summed E-state index contributed by atoms with van der Waals surface area (Å²) < 4.78 is 3.00. The highest BCUT2D eigenvalue weighted by atomic mass is 79.9. The van der Waals surface area contributed by atoms with Crippen LogP contribution in [0.4, 0.5) is 0 Å². The van der Waals surface area contributed by atoms with Gasteiger partial charge < -0.3 is 0 Å². The largest absolute Gasteiger partial charge is 0.247 e. The molecule has 2 heterocycles. The van der Waals surface area contributed by atoms with Gasteiger partial charge >= 0.3 is 0 Å². The number of hydrogen-bond donors (Lipinski definition) is 0. The molecule has 1 unspecified atom stereocenters. The van der Waals surface area contributed by atoms with Crippen molar-refractivity contribution in [3.05, 3.63) is 32.7 Å². The molecule has 2 rings (SSSR count). The standard InChI is InChI=1S/C10H11Br2N3S/c1-2-9(12)10-5-15(14-13-10)4-8-3-7(11)6-16-8/h3,5-6,9H,2,4H2,1H3. The molecule has 0 aliphatic heterocycles. The quantitative estimate of drug-likeness (QED) is 0.767. The molecule has 0 N–H and O–H groups in total. The van der Waals surface area contributed by atoms with Gasteiger partial charge in [-0.2, -0.15) is 0 Å². The number of alkyl halides is 1. The third-order valence-electron chi connectivity index (χ3n) is 2.18. The highest BCUT2D eigenvalue weighted by Gasteiger charge is 2.09. The number of rotatable bonds is 4. The molecule has 0 fully saturated rings. The summed E-state index contributed by atoms with van der Waals surface area (Å²) in [5.41, 5.74) is 0.998. The van der Waals surface area contributed by atoms with E-state index in [1.54, 1.807) is 11.3 Å². The van der Waals surface area contributed by atoms with E-state index in [9.17, 15) is 0 Å². The van der Waals surface area contributed by atoms with Gasteiger partial charge in [-0.3, -0.25) is 0 Å². The first-order valence-electron chi connectivity index (χ1n) is 4.96. The van der Waals surface area contributed by atoms with Gasteiger partial charge in [0, 0.05) is 20.9 Å². The fraction of sp³-hybridized carbons (Fsp3) is 0.400. The maximum Gasteiger partial charge on any atom is 0.0963 e. The van der Waals surface area contributed by atoms with Crippen LogP contribution < -0.4 is 0 Å². The van der Waals surface area contributed by atoms with Crippen LogP contribution in [0.2, 0.25) is 0 Å². The highest BCUT2D eigenvalue weighted by Crippen LogP contribution is 2.24. The first-order chi connectivity index (χ1) is 7.69. The lowest BCUT2D eigenvalue weighted by Crippen LogP contribution is -1.98. The number of aromatic nitrogens is 3. The Labute approximate surface area is 115 Å². The predicted octanol–water partition coefficient (Wildman–Crippen LogP) is 4.00. The van der Waals surface area contributed by atoms with E-state index in [0.717, 1.165) is 23.1 Å². The number of thiophene rings is 1. The summed E-state index contributed by atoms with van der Waals surface area (Å²) in [4.78, 5) is 1.57. The van der Waals surface area contributed by atoms with E-state index >= 15 is 0 Å². The summed E-state index contributed by atoms with van der Waals surface area (Å²) >= 11 is 8.73. The molecule has 6 heteroatoms. The molecule has 0 aliphatic carbocycles.